The third kappa shape index (κ3) is 4.18. The highest BCUT2D eigenvalue weighted by atomic mass is 35.5. The summed E-state index contributed by atoms with van der Waals surface area (Å²) in [6, 6.07) is 2.91. The van der Waals surface area contributed by atoms with Crippen molar-refractivity contribution >= 4 is 35.0 Å². The van der Waals surface area contributed by atoms with Gasteiger partial charge in [-0.05, 0) is 18.2 Å². The minimum Gasteiger partial charge on any atom is -0.480 e. The number of rotatable bonds is 4. The number of amides is 2. The predicted molar refractivity (Wildman–Crippen MR) is 73.9 cm³/mol. The van der Waals surface area contributed by atoms with Crippen molar-refractivity contribution in [2.75, 3.05) is 10.6 Å². The number of anilines is 2. The van der Waals surface area contributed by atoms with E-state index in [0.717, 1.165) is 10.7 Å². The van der Waals surface area contributed by atoms with Crippen LogP contribution < -0.4 is 10.6 Å². The summed E-state index contributed by atoms with van der Waals surface area (Å²) in [5.74, 6) is -1.59. The Morgan fingerprint density at radius 3 is 2.86 bits per heavy atom. The largest absolute Gasteiger partial charge is 0.480 e. The monoisotopic (exact) mass is 312 g/mol. The van der Waals surface area contributed by atoms with E-state index in [1.165, 1.54) is 24.5 Å². The zero-order valence-electron chi connectivity index (χ0n) is 10.5. The molecular formula is C12H10ClFN4O3. The molecular weight excluding hydrogens is 303 g/mol. The maximum Gasteiger partial charge on any atom is 0.325 e. The van der Waals surface area contributed by atoms with Crippen molar-refractivity contribution in [1.29, 1.82) is 0 Å². The molecule has 0 aliphatic rings. The minimum absolute atomic E-state index is 0.118. The molecule has 3 N–H and O–H groups in total. The van der Waals surface area contributed by atoms with E-state index < -0.39 is 17.8 Å². The maximum atomic E-state index is 13.0. The van der Waals surface area contributed by atoms with Gasteiger partial charge in [0.2, 0.25) is 0 Å². The molecule has 0 spiro atoms. The first-order valence-corrected chi connectivity index (χ1v) is 6.09. The highest BCUT2D eigenvalue weighted by molar-refractivity contribution is 6.33. The van der Waals surface area contributed by atoms with Crippen LogP contribution in [-0.2, 0) is 11.3 Å². The number of urea groups is 1. The number of carboxylic acid groups (broad SMARTS) is 1. The number of carbonyl (C=O) groups is 2. The summed E-state index contributed by atoms with van der Waals surface area (Å²) in [5, 5.41) is 17.3. The first kappa shape index (κ1) is 14.8. The lowest BCUT2D eigenvalue weighted by atomic mass is 10.3. The smallest absolute Gasteiger partial charge is 0.325 e. The molecule has 2 amide bonds. The standard InChI is InChI=1S/C12H10ClFN4O3/c13-9-2-1-7(14)3-10(9)17-12(21)16-8-4-15-18(5-8)6-11(19)20/h1-5H,6H2,(H,19,20)(H2,16,17,21). The first-order valence-electron chi connectivity index (χ1n) is 5.71. The zero-order valence-corrected chi connectivity index (χ0v) is 11.3. The number of hydrogen-bond donors (Lipinski definition) is 3. The Kier molecular flexibility index (Phi) is 4.39. The quantitative estimate of drug-likeness (QED) is 0.807. The summed E-state index contributed by atoms with van der Waals surface area (Å²) in [6.45, 7) is -0.320. The number of aromatic nitrogens is 2. The van der Waals surface area contributed by atoms with Crippen LogP contribution in [-0.4, -0.2) is 26.9 Å². The van der Waals surface area contributed by atoms with Crippen LogP contribution in [0, 0.1) is 5.82 Å². The Balaban J connectivity index is 2.00. The van der Waals surface area contributed by atoms with Gasteiger partial charge < -0.3 is 15.7 Å². The van der Waals surface area contributed by atoms with Crippen molar-refractivity contribution < 1.29 is 19.1 Å². The van der Waals surface area contributed by atoms with Gasteiger partial charge in [-0.15, -0.1) is 0 Å². The van der Waals surface area contributed by atoms with Crippen molar-refractivity contribution in [1.82, 2.24) is 9.78 Å². The van der Waals surface area contributed by atoms with E-state index in [1.807, 2.05) is 0 Å². The van der Waals surface area contributed by atoms with Crippen LogP contribution in [0.3, 0.4) is 0 Å². The van der Waals surface area contributed by atoms with Gasteiger partial charge in [-0.3, -0.25) is 9.48 Å². The van der Waals surface area contributed by atoms with Gasteiger partial charge in [0.05, 0.1) is 22.6 Å². The number of hydrogen-bond acceptors (Lipinski definition) is 3. The molecule has 0 bridgehead atoms. The van der Waals surface area contributed by atoms with E-state index in [4.69, 9.17) is 16.7 Å². The van der Waals surface area contributed by atoms with Gasteiger partial charge in [-0.25, -0.2) is 9.18 Å². The molecule has 1 aromatic carbocycles. The second kappa shape index (κ2) is 6.23. The number of nitrogens with one attached hydrogen (secondary N) is 2. The molecule has 0 fully saturated rings. The van der Waals surface area contributed by atoms with Crippen molar-refractivity contribution in [2.45, 2.75) is 6.54 Å². The molecule has 1 aromatic heterocycles. The van der Waals surface area contributed by atoms with E-state index in [1.54, 1.807) is 0 Å². The predicted octanol–water partition coefficient (Wildman–Crippen LogP) is 2.40. The molecule has 9 heteroatoms. The third-order valence-corrected chi connectivity index (χ3v) is 2.69. The molecule has 0 aliphatic carbocycles. The molecule has 110 valence electrons. The number of halogens is 2. The van der Waals surface area contributed by atoms with E-state index in [9.17, 15) is 14.0 Å². The SMILES string of the molecule is O=C(O)Cn1cc(NC(=O)Nc2cc(F)ccc2Cl)cn1. The van der Waals surface area contributed by atoms with Gasteiger partial charge in [-0.2, -0.15) is 5.10 Å². The average molecular weight is 313 g/mol. The number of aliphatic carboxylic acids is 1. The Bertz CT molecular complexity index is 689. The van der Waals surface area contributed by atoms with E-state index in [0.29, 0.717) is 5.69 Å². The molecule has 2 rings (SSSR count). The van der Waals surface area contributed by atoms with E-state index in [2.05, 4.69) is 15.7 Å². The summed E-state index contributed by atoms with van der Waals surface area (Å²) in [6.07, 6.45) is 2.64. The highest BCUT2D eigenvalue weighted by Gasteiger charge is 2.09. The summed E-state index contributed by atoms with van der Waals surface area (Å²) in [5.41, 5.74) is 0.411. The number of nitrogens with zero attached hydrogens (tertiary/aromatic N) is 2. The molecule has 0 saturated carbocycles. The molecule has 0 radical (unpaired) electrons. The Morgan fingerprint density at radius 1 is 1.38 bits per heavy atom. The van der Waals surface area contributed by atoms with Crippen molar-refractivity contribution in [3.05, 3.63) is 41.4 Å². The summed E-state index contributed by atoms with van der Waals surface area (Å²) >= 11 is 5.81. The lowest BCUT2D eigenvalue weighted by Crippen LogP contribution is -2.19. The van der Waals surface area contributed by atoms with Gasteiger partial charge in [0, 0.05) is 6.20 Å². The van der Waals surface area contributed by atoms with Crippen LogP contribution >= 0.6 is 11.6 Å². The number of carboxylic acids is 1. The van der Waals surface area contributed by atoms with Gasteiger partial charge >= 0.3 is 12.0 Å². The minimum atomic E-state index is -1.05. The molecule has 21 heavy (non-hydrogen) atoms. The highest BCUT2D eigenvalue weighted by Crippen LogP contribution is 2.22. The first-order chi connectivity index (χ1) is 9.94. The van der Waals surface area contributed by atoms with Crippen LogP contribution in [0.1, 0.15) is 0 Å². The number of benzene rings is 1. The van der Waals surface area contributed by atoms with Crippen LogP contribution in [0.15, 0.2) is 30.6 Å². The van der Waals surface area contributed by atoms with Crippen molar-refractivity contribution in [2.24, 2.45) is 0 Å². The summed E-state index contributed by atoms with van der Waals surface area (Å²) in [7, 11) is 0. The van der Waals surface area contributed by atoms with Gasteiger partial charge in [0.1, 0.15) is 12.4 Å². The normalized spacial score (nSPS) is 10.2. The van der Waals surface area contributed by atoms with Gasteiger partial charge in [-0.1, -0.05) is 11.6 Å². The van der Waals surface area contributed by atoms with Crippen LogP contribution in [0.4, 0.5) is 20.6 Å². The van der Waals surface area contributed by atoms with Crippen molar-refractivity contribution in [3.8, 4) is 0 Å². The van der Waals surface area contributed by atoms with E-state index >= 15 is 0 Å². The fourth-order valence-corrected chi connectivity index (χ4v) is 1.70. The zero-order chi connectivity index (χ0) is 15.4. The van der Waals surface area contributed by atoms with Crippen LogP contribution in [0.5, 0.6) is 0 Å². The fraction of sp³-hybridized carbons (Fsp3) is 0.0833. The third-order valence-electron chi connectivity index (χ3n) is 2.36. The Morgan fingerprint density at radius 2 is 2.14 bits per heavy atom. The molecule has 7 nitrogen and oxygen atoms in total. The summed E-state index contributed by atoms with van der Waals surface area (Å²) in [4.78, 5) is 22.2. The molecule has 1 heterocycles. The Hall–Kier alpha value is -2.61. The van der Waals surface area contributed by atoms with E-state index in [-0.39, 0.29) is 17.3 Å². The molecule has 0 saturated heterocycles. The molecule has 0 atom stereocenters. The number of carbonyl (C=O) groups excluding carboxylic acids is 1. The topological polar surface area (TPSA) is 96.2 Å². The van der Waals surface area contributed by atoms with Gasteiger partial charge in [0.25, 0.3) is 0 Å². The van der Waals surface area contributed by atoms with Gasteiger partial charge in [0.15, 0.2) is 0 Å². The van der Waals surface area contributed by atoms with Crippen LogP contribution in [0.2, 0.25) is 5.02 Å². The average Bonchev–Trinajstić information content (AvgIpc) is 2.80. The second-order valence-electron chi connectivity index (χ2n) is 4.02. The molecule has 2 aromatic rings. The van der Waals surface area contributed by atoms with Crippen molar-refractivity contribution in [3.63, 3.8) is 0 Å². The molecule has 0 aliphatic heterocycles. The van der Waals surface area contributed by atoms with Crippen LogP contribution in [0.25, 0.3) is 0 Å². The molecule has 0 unspecified atom stereocenters. The summed E-state index contributed by atoms with van der Waals surface area (Å²) < 4.78 is 14.2. The second-order valence-corrected chi connectivity index (χ2v) is 4.43. The lowest BCUT2D eigenvalue weighted by Gasteiger charge is -2.07. The Labute approximate surface area is 123 Å². The fourth-order valence-electron chi connectivity index (χ4n) is 1.53. The maximum absolute atomic E-state index is 13.0. The lowest BCUT2D eigenvalue weighted by molar-refractivity contribution is -0.137.